The van der Waals surface area contributed by atoms with Gasteiger partial charge in [-0.15, -0.1) is 0 Å². The van der Waals surface area contributed by atoms with Crippen LogP contribution in [0.4, 0.5) is 0 Å². The lowest BCUT2D eigenvalue weighted by Gasteiger charge is -2.03. The average molecular weight is 254 g/mol. The maximum absolute atomic E-state index is 11.2. The minimum atomic E-state index is -0.344. The Morgan fingerprint density at radius 1 is 1.06 bits per heavy atom. The topological polar surface area (TPSA) is 60.4 Å². The Bertz CT molecular complexity index is 318. The third-order valence-corrected chi connectivity index (χ3v) is 2.55. The summed E-state index contributed by atoms with van der Waals surface area (Å²) in [6.45, 7) is 6.88. The van der Waals surface area contributed by atoms with Gasteiger partial charge in [0.2, 0.25) is 0 Å². The molecule has 0 amide bonds. The molecule has 4 heteroatoms. The van der Waals surface area contributed by atoms with E-state index in [1.807, 2.05) is 0 Å². The molecule has 0 bridgehead atoms. The summed E-state index contributed by atoms with van der Waals surface area (Å²) >= 11 is 0. The van der Waals surface area contributed by atoms with Gasteiger partial charge in [-0.05, 0) is 25.3 Å². The van der Waals surface area contributed by atoms with Gasteiger partial charge in [0.15, 0.2) is 11.6 Å². The Morgan fingerprint density at radius 3 is 2.22 bits per heavy atom. The molecule has 0 N–H and O–H groups in total. The molecule has 0 heterocycles. The number of ether oxygens (including phenoxy) is 1. The summed E-state index contributed by atoms with van der Waals surface area (Å²) in [4.78, 5) is 33.3. The van der Waals surface area contributed by atoms with E-state index in [1.54, 1.807) is 13.8 Å². The Hall–Kier alpha value is -1.45. The van der Waals surface area contributed by atoms with Crippen LogP contribution < -0.4 is 0 Å². The molecule has 0 radical (unpaired) electrons. The summed E-state index contributed by atoms with van der Waals surface area (Å²) in [7, 11) is 0. The van der Waals surface area contributed by atoms with Crippen molar-refractivity contribution in [2.45, 2.75) is 52.4 Å². The molecule has 0 aromatic carbocycles. The Labute approximate surface area is 108 Å². The number of hydrogen-bond acceptors (Lipinski definition) is 4. The number of unbranched alkanes of at least 4 members (excludes halogenated alkanes) is 2. The van der Waals surface area contributed by atoms with Crippen molar-refractivity contribution in [1.82, 2.24) is 0 Å². The van der Waals surface area contributed by atoms with Gasteiger partial charge in [-0.2, -0.15) is 0 Å². The molecule has 0 aromatic rings. The molecule has 0 saturated heterocycles. The molecule has 0 rings (SSSR count). The molecule has 0 unspecified atom stereocenters. The van der Waals surface area contributed by atoms with Crippen molar-refractivity contribution >= 4 is 17.5 Å². The minimum absolute atomic E-state index is 0.0737. The first-order valence-corrected chi connectivity index (χ1v) is 6.33. The van der Waals surface area contributed by atoms with Gasteiger partial charge in [0.05, 0.1) is 0 Å². The van der Waals surface area contributed by atoms with E-state index < -0.39 is 0 Å². The van der Waals surface area contributed by atoms with Gasteiger partial charge in [-0.25, -0.2) is 0 Å². The van der Waals surface area contributed by atoms with Crippen molar-refractivity contribution in [1.29, 1.82) is 0 Å². The zero-order chi connectivity index (χ0) is 14.0. The van der Waals surface area contributed by atoms with Crippen LogP contribution in [0.25, 0.3) is 0 Å². The molecule has 0 saturated carbocycles. The fraction of sp³-hybridized carbons (Fsp3) is 0.643. The molecule has 0 aliphatic carbocycles. The van der Waals surface area contributed by atoms with E-state index in [9.17, 15) is 14.4 Å². The smallest absolute Gasteiger partial charge is 0.306 e. The van der Waals surface area contributed by atoms with Crippen molar-refractivity contribution in [2.24, 2.45) is 0 Å². The van der Waals surface area contributed by atoms with E-state index >= 15 is 0 Å². The van der Waals surface area contributed by atoms with Crippen LogP contribution in [0.15, 0.2) is 12.2 Å². The molecule has 0 aliphatic heterocycles. The second-order valence-electron chi connectivity index (χ2n) is 4.32. The highest BCUT2D eigenvalue weighted by molar-refractivity contribution is 5.93. The van der Waals surface area contributed by atoms with E-state index in [2.05, 4.69) is 6.58 Å². The summed E-state index contributed by atoms with van der Waals surface area (Å²) in [5, 5.41) is 0. The van der Waals surface area contributed by atoms with Crippen LogP contribution >= 0.6 is 0 Å². The number of ketones is 2. The first-order chi connectivity index (χ1) is 8.47. The van der Waals surface area contributed by atoms with Crippen LogP contribution in [0.1, 0.15) is 52.4 Å². The molecule has 0 spiro atoms. The van der Waals surface area contributed by atoms with Crippen molar-refractivity contribution in [2.75, 3.05) is 6.61 Å². The van der Waals surface area contributed by atoms with Crippen LogP contribution in [-0.2, 0) is 19.1 Å². The molecule has 4 nitrogen and oxygen atoms in total. The number of esters is 1. The monoisotopic (exact) mass is 254 g/mol. The normalized spacial score (nSPS) is 9.89. The lowest BCUT2D eigenvalue weighted by atomic mass is 10.1. The van der Waals surface area contributed by atoms with Crippen molar-refractivity contribution in [3.8, 4) is 0 Å². The molecule has 0 aromatic heterocycles. The SMILES string of the molecule is C=C(C)C(=O)CCCCCC(=O)OCC(=O)CC. The highest BCUT2D eigenvalue weighted by atomic mass is 16.5. The second-order valence-corrected chi connectivity index (χ2v) is 4.32. The number of carbonyl (C=O) groups excluding carboxylic acids is 3. The van der Waals surface area contributed by atoms with Gasteiger partial charge in [-0.3, -0.25) is 14.4 Å². The molecule has 0 fully saturated rings. The summed E-state index contributed by atoms with van der Waals surface area (Å²) in [6, 6.07) is 0. The van der Waals surface area contributed by atoms with Gasteiger partial charge >= 0.3 is 5.97 Å². The van der Waals surface area contributed by atoms with Gasteiger partial charge in [0, 0.05) is 19.3 Å². The zero-order valence-electron chi connectivity index (χ0n) is 11.3. The van der Waals surface area contributed by atoms with E-state index in [-0.39, 0.29) is 24.1 Å². The highest BCUT2D eigenvalue weighted by Gasteiger charge is 2.06. The molecule has 0 aliphatic rings. The third kappa shape index (κ3) is 8.67. The standard InChI is InChI=1S/C14H22O4/c1-4-12(15)10-18-14(17)9-7-5-6-8-13(16)11(2)3/h2,4-10H2,1,3H3. The summed E-state index contributed by atoms with van der Waals surface area (Å²) < 4.78 is 4.79. The number of Topliss-reactive ketones (excluding diaryl/α,β-unsaturated/α-hetero) is 2. The number of rotatable bonds is 10. The van der Waals surface area contributed by atoms with Crippen molar-refractivity contribution in [3.63, 3.8) is 0 Å². The quantitative estimate of drug-likeness (QED) is 0.341. The average Bonchev–Trinajstić information content (AvgIpc) is 2.34. The lowest BCUT2D eigenvalue weighted by Crippen LogP contribution is -2.12. The molecular weight excluding hydrogens is 232 g/mol. The Kier molecular flexibility index (Phi) is 8.80. The first kappa shape index (κ1) is 16.6. The van der Waals surface area contributed by atoms with Crippen molar-refractivity contribution < 1.29 is 19.1 Å². The fourth-order valence-corrected chi connectivity index (χ4v) is 1.28. The molecular formula is C14H22O4. The zero-order valence-corrected chi connectivity index (χ0v) is 11.3. The highest BCUT2D eigenvalue weighted by Crippen LogP contribution is 2.07. The summed E-state index contributed by atoms with van der Waals surface area (Å²) in [5.74, 6) is -0.343. The maximum atomic E-state index is 11.2. The van der Waals surface area contributed by atoms with Gasteiger partial charge in [-0.1, -0.05) is 19.9 Å². The predicted octanol–water partition coefficient (Wildman–Crippen LogP) is 2.60. The van der Waals surface area contributed by atoms with Crippen LogP contribution in [0.5, 0.6) is 0 Å². The van der Waals surface area contributed by atoms with Crippen LogP contribution in [-0.4, -0.2) is 24.1 Å². The van der Waals surface area contributed by atoms with Crippen LogP contribution in [0, 0.1) is 0 Å². The van der Waals surface area contributed by atoms with Gasteiger partial charge < -0.3 is 4.74 Å². The molecule has 18 heavy (non-hydrogen) atoms. The Morgan fingerprint density at radius 2 is 1.67 bits per heavy atom. The third-order valence-electron chi connectivity index (χ3n) is 2.55. The second kappa shape index (κ2) is 9.57. The van der Waals surface area contributed by atoms with Crippen LogP contribution in [0.2, 0.25) is 0 Å². The summed E-state index contributed by atoms with van der Waals surface area (Å²) in [6.07, 6.45) is 3.42. The van der Waals surface area contributed by atoms with Crippen LogP contribution in [0.3, 0.4) is 0 Å². The van der Waals surface area contributed by atoms with Crippen molar-refractivity contribution in [3.05, 3.63) is 12.2 Å². The van der Waals surface area contributed by atoms with E-state index in [0.717, 1.165) is 12.8 Å². The summed E-state index contributed by atoms with van der Waals surface area (Å²) in [5.41, 5.74) is 0.576. The molecule has 0 atom stereocenters. The molecule has 102 valence electrons. The number of carbonyl (C=O) groups is 3. The minimum Gasteiger partial charge on any atom is -0.458 e. The van der Waals surface area contributed by atoms with E-state index in [0.29, 0.717) is 31.3 Å². The number of hydrogen-bond donors (Lipinski definition) is 0. The largest absolute Gasteiger partial charge is 0.458 e. The van der Waals surface area contributed by atoms with Gasteiger partial charge in [0.25, 0.3) is 0 Å². The maximum Gasteiger partial charge on any atom is 0.306 e. The Balaban J connectivity index is 3.49. The van der Waals surface area contributed by atoms with Gasteiger partial charge in [0.1, 0.15) is 6.61 Å². The van der Waals surface area contributed by atoms with E-state index in [4.69, 9.17) is 4.74 Å². The predicted molar refractivity (Wildman–Crippen MR) is 69.2 cm³/mol. The fourth-order valence-electron chi connectivity index (χ4n) is 1.28. The number of allylic oxidation sites excluding steroid dienone is 1. The first-order valence-electron chi connectivity index (χ1n) is 6.33. The lowest BCUT2D eigenvalue weighted by molar-refractivity contribution is -0.148. The van der Waals surface area contributed by atoms with E-state index in [1.165, 1.54) is 0 Å².